The molecule has 10 nitrogen and oxygen atoms in total. The van der Waals surface area contributed by atoms with Gasteiger partial charge in [-0.2, -0.15) is 10.2 Å². The summed E-state index contributed by atoms with van der Waals surface area (Å²) in [6.45, 7) is 6.60. The lowest BCUT2D eigenvalue weighted by molar-refractivity contribution is -0.133. The summed E-state index contributed by atoms with van der Waals surface area (Å²) >= 11 is 2.37. The minimum absolute atomic E-state index is 0.00712. The van der Waals surface area contributed by atoms with Crippen molar-refractivity contribution in [1.29, 1.82) is 0 Å². The van der Waals surface area contributed by atoms with Gasteiger partial charge in [0.2, 0.25) is 5.88 Å². The van der Waals surface area contributed by atoms with Crippen molar-refractivity contribution in [1.82, 2.24) is 34.0 Å². The lowest BCUT2D eigenvalue weighted by Gasteiger charge is -2.32. The lowest BCUT2D eigenvalue weighted by atomic mass is 10.0. The van der Waals surface area contributed by atoms with Crippen LogP contribution in [0.4, 0.5) is 0 Å². The zero-order valence-corrected chi connectivity index (χ0v) is 27.5. The smallest absolute Gasteiger partial charge is 0.263 e. The Kier molecular flexibility index (Phi) is 8.15. The van der Waals surface area contributed by atoms with Crippen LogP contribution >= 0.6 is 28.4 Å². The van der Waals surface area contributed by atoms with Gasteiger partial charge in [-0.25, -0.2) is 9.13 Å². The first-order chi connectivity index (χ1) is 21.0. The second kappa shape index (κ2) is 12.2. The minimum Gasteiger partial charge on any atom is -0.480 e. The van der Waals surface area contributed by atoms with Gasteiger partial charge in [0.15, 0.2) is 6.10 Å². The highest BCUT2D eigenvalue weighted by Gasteiger charge is 2.34. The molecule has 1 amide bonds. The fourth-order valence-electron chi connectivity index (χ4n) is 6.09. The van der Waals surface area contributed by atoms with Crippen LogP contribution in [-0.2, 0) is 18.4 Å². The minimum atomic E-state index is -0.518. The molecule has 4 bridgehead atoms. The van der Waals surface area contributed by atoms with Crippen molar-refractivity contribution >= 4 is 57.4 Å². The van der Waals surface area contributed by atoms with E-state index in [9.17, 15) is 4.79 Å². The van der Waals surface area contributed by atoms with E-state index in [0.29, 0.717) is 38.4 Å². The first-order valence-electron chi connectivity index (χ1n) is 14.7. The molecule has 0 radical (unpaired) electrons. The Morgan fingerprint density at radius 3 is 2.72 bits per heavy atom. The number of halogens is 1. The summed E-state index contributed by atoms with van der Waals surface area (Å²) in [5.74, 6) is 1.43. The number of carbonyl (C=O) groups is 1. The third-order valence-electron chi connectivity index (χ3n) is 8.60. The van der Waals surface area contributed by atoms with Crippen molar-refractivity contribution < 1.29 is 14.3 Å². The molecule has 7 rings (SSSR count). The summed E-state index contributed by atoms with van der Waals surface area (Å²) in [5.41, 5.74) is 6.02. The first kappa shape index (κ1) is 28.8. The third kappa shape index (κ3) is 5.80. The number of aryl methyl sites for hydroxylation is 1. The zero-order valence-electron chi connectivity index (χ0n) is 24.4. The van der Waals surface area contributed by atoms with E-state index in [2.05, 4.69) is 92.5 Å². The molecule has 2 unspecified atom stereocenters. The Morgan fingerprint density at radius 1 is 1.02 bits per heavy atom. The first-order valence-corrected chi connectivity index (χ1v) is 18.7. The average molecular weight is 712 g/mol. The number of hydrogen-bond acceptors (Lipinski definition) is 7. The highest BCUT2D eigenvalue weighted by atomic mass is 127. The Balaban J connectivity index is 1.30. The molecular weight excluding hydrogens is 676 g/mol. The van der Waals surface area contributed by atoms with Crippen molar-refractivity contribution in [3.63, 3.8) is 0 Å². The number of nitrogens with zero attached hydrogens (tertiary/aromatic N) is 7. The van der Waals surface area contributed by atoms with Crippen LogP contribution < -0.4 is 9.47 Å². The Labute approximate surface area is 265 Å². The van der Waals surface area contributed by atoms with Crippen molar-refractivity contribution in [3.05, 3.63) is 59.4 Å². The number of amides is 1. The predicted octanol–water partition coefficient (Wildman–Crippen LogP) is 4.52. The SMILES string of the molecule is CN1CCN(Cc2ccc3c(c2)OC2CCN(CCOc4c(cnn4C)-c4ccc5c(c4)c(nn5PI)/C=C/3)C2=O)CC1. The van der Waals surface area contributed by atoms with Gasteiger partial charge in [-0.1, -0.05) is 18.2 Å². The van der Waals surface area contributed by atoms with Crippen LogP contribution in [0.1, 0.15) is 23.2 Å². The number of fused-ring (bicyclic) bond motifs is 6. The van der Waals surface area contributed by atoms with Crippen molar-refractivity contribution in [2.45, 2.75) is 19.1 Å². The molecular formula is C31H35IN7O3P. The quantitative estimate of drug-likeness (QED) is 0.229. The topological polar surface area (TPSA) is 80.9 Å². The van der Waals surface area contributed by atoms with Gasteiger partial charge >= 0.3 is 0 Å². The summed E-state index contributed by atoms with van der Waals surface area (Å²) in [5, 5.41) is 10.5. The fraction of sp³-hybridized carbons (Fsp3) is 0.387. The van der Waals surface area contributed by atoms with E-state index in [-0.39, 0.29) is 5.91 Å². The summed E-state index contributed by atoms with van der Waals surface area (Å²) in [4.78, 5) is 20.1. The Bertz CT molecular complexity index is 1690. The molecule has 2 aromatic heterocycles. The van der Waals surface area contributed by atoms with Gasteiger partial charge < -0.3 is 19.3 Å². The highest BCUT2D eigenvalue weighted by molar-refractivity contribution is 14.2. The van der Waals surface area contributed by atoms with Crippen LogP contribution in [0.5, 0.6) is 11.6 Å². The van der Waals surface area contributed by atoms with Gasteiger partial charge in [0.05, 0.1) is 35.9 Å². The van der Waals surface area contributed by atoms with Gasteiger partial charge in [-0.3, -0.25) is 9.69 Å². The molecule has 2 saturated heterocycles. The van der Waals surface area contributed by atoms with E-state index in [1.54, 1.807) is 4.68 Å². The van der Waals surface area contributed by atoms with Gasteiger partial charge in [0.1, 0.15) is 12.4 Å². The molecule has 43 heavy (non-hydrogen) atoms. The van der Waals surface area contributed by atoms with E-state index < -0.39 is 6.10 Å². The summed E-state index contributed by atoms with van der Waals surface area (Å²) < 4.78 is 16.6. The fourth-order valence-corrected chi connectivity index (χ4v) is 7.62. The number of aromatic nitrogens is 4. The number of carbonyl (C=O) groups excluding carboxylic acids is 1. The van der Waals surface area contributed by atoms with Crippen molar-refractivity contribution in [2.24, 2.45) is 7.05 Å². The largest absolute Gasteiger partial charge is 0.480 e. The van der Waals surface area contributed by atoms with E-state index >= 15 is 0 Å². The molecule has 0 spiro atoms. The molecule has 2 aromatic carbocycles. The van der Waals surface area contributed by atoms with E-state index in [4.69, 9.17) is 14.6 Å². The Morgan fingerprint density at radius 2 is 1.88 bits per heavy atom. The Hall–Kier alpha value is -2.99. The van der Waals surface area contributed by atoms with Gasteiger partial charge in [-0.05, 0) is 70.6 Å². The standard InChI is InChI=1S/C31H35IN7O3P/c1-35-11-13-37(14-12-35)20-21-3-4-22-5-7-26-24-18-23(6-8-27(24)39(34-26)43-32)25-19-33-36(2)31(25)41-16-15-38-10-9-28(30(38)40)42-29(22)17-21/h3-8,17-19,28,43H,9-16,20H2,1-2H3/b7-5+. The van der Waals surface area contributed by atoms with Crippen LogP contribution in [0.2, 0.25) is 0 Å². The van der Waals surface area contributed by atoms with Crippen LogP contribution in [0.25, 0.3) is 34.2 Å². The van der Waals surface area contributed by atoms with Crippen molar-refractivity contribution in [2.75, 3.05) is 52.9 Å². The second-order valence-corrected chi connectivity index (χ2v) is 13.5. The maximum absolute atomic E-state index is 13.4. The van der Waals surface area contributed by atoms with Crippen LogP contribution in [0.3, 0.4) is 0 Å². The second-order valence-electron chi connectivity index (χ2n) is 11.5. The molecule has 5 heterocycles. The molecule has 3 aliphatic heterocycles. The molecule has 0 saturated carbocycles. The van der Waals surface area contributed by atoms with E-state index in [1.165, 1.54) is 5.56 Å². The summed E-state index contributed by atoms with van der Waals surface area (Å²) in [6.07, 6.45) is 6.56. The van der Waals surface area contributed by atoms with Gasteiger partial charge in [0, 0.05) is 63.7 Å². The summed E-state index contributed by atoms with van der Waals surface area (Å²) in [6, 6.07) is 12.8. The molecule has 3 aliphatic rings. The lowest BCUT2D eigenvalue weighted by Crippen LogP contribution is -2.43. The third-order valence-corrected chi connectivity index (χ3v) is 10.5. The van der Waals surface area contributed by atoms with Crippen LogP contribution in [0, 0.1) is 0 Å². The monoisotopic (exact) mass is 711 g/mol. The van der Waals surface area contributed by atoms with E-state index in [1.807, 2.05) is 22.6 Å². The van der Waals surface area contributed by atoms with Gasteiger partial charge in [0.25, 0.3) is 5.91 Å². The number of likely N-dealkylation sites (N-methyl/N-ethyl adjacent to an activating group) is 1. The maximum Gasteiger partial charge on any atom is 0.263 e. The number of ether oxygens (including phenoxy) is 2. The molecule has 0 N–H and O–H groups in total. The molecule has 12 heteroatoms. The average Bonchev–Trinajstić information content (AvgIpc) is 3.68. The van der Waals surface area contributed by atoms with Crippen molar-refractivity contribution in [3.8, 4) is 22.8 Å². The number of piperazine rings is 1. The van der Waals surface area contributed by atoms with E-state index in [0.717, 1.165) is 71.8 Å². The zero-order chi connectivity index (χ0) is 29.5. The highest BCUT2D eigenvalue weighted by Crippen LogP contribution is 2.37. The number of rotatable bonds is 3. The number of hydrogen-bond donors (Lipinski definition) is 0. The van der Waals surface area contributed by atoms with Crippen LogP contribution in [-0.4, -0.2) is 99.0 Å². The maximum atomic E-state index is 13.4. The van der Waals surface area contributed by atoms with Gasteiger partial charge in [-0.15, -0.1) is 0 Å². The number of benzene rings is 2. The molecule has 4 aromatic rings. The predicted molar refractivity (Wildman–Crippen MR) is 179 cm³/mol. The molecule has 2 fully saturated rings. The molecule has 0 aliphatic carbocycles. The normalized spacial score (nSPS) is 20.8. The summed E-state index contributed by atoms with van der Waals surface area (Å²) in [7, 11) is 4.05. The molecule has 2 atom stereocenters. The molecule has 224 valence electrons. The van der Waals surface area contributed by atoms with Crippen LogP contribution in [0.15, 0.2) is 42.6 Å².